The number of nitro benzene ring substituents is 1. The molecule has 0 aliphatic carbocycles. The van der Waals surface area contributed by atoms with Crippen molar-refractivity contribution in [2.75, 3.05) is 20.3 Å². The second kappa shape index (κ2) is 11.3. The lowest BCUT2D eigenvalue weighted by Crippen LogP contribution is -2.49. The first-order valence-electron chi connectivity index (χ1n) is 9.53. The van der Waals surface area contributed by atoms with E-state index in [9.17, 15) is 19.7 Å². The Morgan fingerprint density at radius 1 is 1.26 bits per heavy atom. The molecule has 166 valence electrons. The molecule has 0 bridgehead atoms. The summed E-state index contributed by atoms with van der Waals surface area (Å²) in [4.78, 5) is 37.2. The van der Waals surface area contributed by atoms with Crippen molar-refractivity contribution >= 4 is 33.4 Å². The van der Waals surface area contributed by atoms with Crippen LogP contribution in [-0.2, 0) is 16.1 Å². The van der Waals surface area contributed by atoms with Crippen molar-refractivity contribution in [2.24, 2.45) is 0 Å². The first kappa shape index (κ1) is 24.1. The SMILES string of the molecule is CCNC(=O)[C@H](C)N(Cc1cccc(Br)c1)C(=O)COc1ccc([N+](=O)[O-])c(OC)c1. The van der Waals surface area contributed by atoms with E-state index in [1.54, 1.807) is 13.8 Å². The van der Waals surface area contributed by atoms with Crippen molar-refractivity contribution in [3.8, 4) is 11.5 Å². The van der Waals surface area contributed by atoms with Crippen LogP contribution in [0.3, 0.4) is 0 Å². The van der Waals surface area contributed by atoms with Crippen LogP contribution in [0.2, 0.25) is 0 Å². The Bertz CT molecular complexity index is 952. The number of nitrogens with one attached hydrogen (secondary N) is 1. The number of rotatable bonds is 10. The van der Waals surface area contributed by atoms with E-state index in [2.05, 4.69) is 21.2 Å². The Morgan fingerprint density at radius 3 is 2.61 bits per heavy atom. The van der Waals surface area contributed by atoms with Crippen LogP contribution in [0.4, 0.5) is 5.69 Å². The van der Waals surface area contributed by atoms with E-state index < -0.39 is 16.9 Å². The summed E-state index contributed by atoms with van der Waals surface area (Å²) in [6, 6.07) is 10.7. The topological polar surface area (TPSA) is 111 Å². The number of amides is 2. The van der Waals surface area contributed by atoms with Crippen LogP contribution in [0, 0.1) is 10.1 Å². The van der Waals surface area contributed by atoms with Crippen molar-refractivity contribution in [3.05, 3.63) is 62.6 Å². The highest BCUT2D eigenvalue weighted by Gasteiger charge is 2.26. The van der Waals surface area contributed by atoms with Crippen LogP contribution in [0.15, 0.2) is 46.9 Å². The first-order chi connectivity index (χ1) is 14.8. The van der Waals surface area contributed by atoms with Gasteiger partial charge < -0.3 is 19.7 Å². The van der Waals surface area contributed by atoms with Crippen molar-refractivity contribution in [2.45, 2.75) is 26.4 Å². The van der Waals surface area contributed by atoms with E-state index in [0.29, 0.717) is 6.54 Å². The summed E-state index contributed by atoms with van der Waals surface area (Å²) in [5.41, 5.74) is 0.637. The van der Waals surface area contributed by atoms with Crippen LogP contribution in [0.1, 0.15) is 19.4 Å². The summed E-state index contributed by atoms with van der Waals surface area (Å²) in [5.74, 6) is -0.417. The molecule has 1 N–H and O–H groups in total. The van der Waals surface area contributed by atoms with Gasteiger partial charge in [0.2, 0.25) is 11.7 Å². The number of hydrogen-bond acceptors (Lipinski definition) is 6. The highest BCUT2D eigenvalue weighted by molar-refractivity contribution is 9.10. The lowest BCUT2D eigenvalue weighted by Gasteiger charge is -2.28. The minimum atomic E-state index is -0.721. The number of methoxy groups -OCH3 is 1. The molecule has 0 fully saturated rings. The van der Waals surface area contributed by atoms with Gasteiger partial charge in [0, 0.05) is 29.7 Å². The normalized spacial score (nSPS) is 11.4. The van der Waals surface area contributed by atoms with Crippen LogP contribution in [-0.4, -0.2) is 47.9 Å². The third kappa shape index (κ3) is 6.68. The monoisotopic (exact) mass is 493 g/mol. The van der Waals surface area contributed by atoms with E-state index in [1.807, 2.05) is 24.3 Å². The van der Waals surface area contributed by atoms with Crippen molar-refractivity contribution < 1.29 is 24.0 Å². The first-order valence-corrected chi connectivity index (χ1v) is 10.3. The lowest BCUT2D eigenvalue weighted by atomic mass is 10.1. The van der Waals surface area contributed by atoms with E-state index in [4.69, 9.17) is 9.47 Å². The molecule has 0 saturated heterocycles. The molecule has 10 heteroatoms. The van der Waals surface area contributed by atoms with Gasteiger partial charge in [-0.15, -0.1) is 0 Å². The zero-order valence-electron chi connectivity index (χ0n) is 17.5. The zero-order chi connectivity index (χ0) is 23.0. The number of benzene rings is 2. The second-order valence-electron chi connectivity index (χ2n) is 6.60. The molecule has 2 aromatic carbocycles. The van der Waals surface area contributed by atoms with Gasteiger partial charge in [0.15, 0.2) is 6.61 Å². The van der Waals surface area contributed by atoms with Crippen LogP contribution >= 0.6 is 15.9 Å². The zero-order valence-corrected chi connectivity index (χ0v) is 19.0. The molecule has 2 aromatic rings. The lowest BCUT2D eigenvalue weighted by molar-refractivity contribution is -0.385. The van der Waals surface area contributed by atoms with Gasteiger partial charge in [0.1, 0.15) is 11.8 Å². The highest BCUT2D eigenvalue weighted by atomic mass is 79.9. The average molecular weight is 494 g/mol. The van der Waals surface area contributed by atoms with Crippen LogP contribution in [0.5, 0.6) is 11.5 Å². The quantitative estimate of drug-likeness (QED) is 0.401. The number of likely N-dealkylation sites (N-methyl/N-ethyl adjacent to an activating group) is 1. The summed E-state index contributed by atoms with van der Waals surface area (Å²) < 4.78 is 11.4. The van der Waals surface area contributed by atoms with Gasteiger partial charge in [-0.2, -0.15) is 0 Å². The van der Waals surface area contributed by atoms with E-state index >= 15 is 0 Å². The summed E-state index contributed by atoms with van der Waals surface area (Å²) in [6.07, 6.45) is 0. The average Bonchev–Trinajstić information content (AvgIpc) is 2.75. The van der Waals surface area contributed by atoms with Gasteiger partial charge in [0.05, 0.1) is 12.0 Å². The summed E-state index contributed by atoms with van der Waals surface area (Å²) in [7, 11) is 1.31. The molecule has 0 aliphatic heterocycles. The molecular formula is C21H24BrN3O6. The van der Waals surface area contributed by atoms with Crippen molar-refractivity contribution in [1.82, 2.24) is 10.2 Å². The van der Waals surface area contributed by atoms with Gasteiger partial charge in [-0.3, -0.25) is 19.7 Å². The number of carbonyl (C=O) groups excluding carboxylic acids is 2. The molecule has 0 unspecified atom stereocenters. The van der Waals surface area contributed by atoms with E-state index in [-0.39, 0.29) is 36.2 Å². The molecule has 0 aliphatic rings. The van der Waals surface area contributed by atoms with Gasteiger partial charge >= 0.3 is 5.69 Å². The summed E-state index contributed by atoms with van der Waals surface area (Å²) in [5, 5.41) is 13.7. The molecule has 0 saturated carbocycles. The number of carbonyl (C=O) groups is 2. The summed E-state index contributed by atoms with van der Waals surface area (Å²) in [6.45, 7) is 3.76. The molecule has 2 rings (SSSR count). The van der Waals surface area contributed by atoms with Gasteiger partial charge in [-0.05, 0) is 37.6 Å². The van der Waals surface area contributed by atoms with Crippen LogP contribution in [0.25, 0.3) is 0 Å². The fraction of sp³-hybridized carbons (Fsp3) is 0.333. The number of halogens is 1. The van der Waals surface area contributed by atoms with E-state index in [1.165, 1.54) is 30.2 Å². The molecule has 31 heavy (non-hydrogen) atoms. The molecule has 0 aromatic heterocycles. The van der Waals surface area contributed by atoms with E-state index in [0.717, 1.165) is 10.0 Å². The molecular weight excluding hydrogens is 470 g/mol. The third-order valence-electron chi connectivity index (χ3n) is 4.47. The third-order valence-corrected chi connectivity index (χ3v) is 4.96. The number of hydrogen-bond donors (Lipinski definition) is 1. The Labute approximate surface area is 188 Å². The maximum atomic E-state index is 13.0. The highest BCUT2D eigenvalue weighted by Crippen LogP contribution is 2.30. The Morgan fingerprint density at radius 2 is 2.00 bits per heavy atom. The fourth-order valence-electron chi connectivity index (χ4n) is 2.86. The summed E-state index contributed by atoms with van der Waals surface area (Å²) >= 11 is 3.40. The smallest absolute Gasteiger partial charge is 0.311 e. The predicted octanol–water partition coefficient (Wildman–Crippen LogP) is 3.30. The van der Waals surface area contributed by atoms with Gasteiger partial charge in [0.25, 0.3) is 5.91 Å². The molecule has 0 spiro atoms. The predicted molar refractivity (Wildman–Crippen MR) is 118 cm³/mol. The Kier molecular flexibility index (Phi) is 8.80. The molecule has 9 nitrogen and oxygen atoms in total. The second-order valence-corrected chi connectivity index (χ2v) is 7.52. The van der Waals surface area contributed by atoms with Crippen molar-refractivity contribution in [3.63, 3.8) is 0 Å². The van der Waals surface area contributed by atoms with Gasteiger partial charge in [-0.25, -0.2) is 0 Å². The Hall–Kier alpha value is -3.14. The molecule has 0 radical (unpaired) electrons. The van der Waals surface area contributed by atoms with Crippen molar-refractivity contribution in [1.29, 1.82) is 0 Å². The molecule has 2 amide bonds. The van der Waals surface area contributed by atoms with Crippen LogP contribution < -0.4 is 14.8 Å². The minimum absolute atomic E-state index is 0.0247. The molecule has 1 atom stereocenters. The standard InChI is InChI=1S/C21H24BrN3O6/c1-4-23-21(27)14(2)24(12-15-6-5-7-16(22)10-15)20(26)13-31-17-8-9-18(25(28)29)19(11-17)30-3/h5-11,14H,4,12-13H2,1-3H3,(H,23,27)/t14-/m0/s1. The maximum Gasteiger partial charge on any atom is 0.311 e. The number of nitro groups is 1. The molecule has 0 heterocycles. The Balaban J connectivity index is 2.18. The largest absolute Gasteiger partial charge is 0.490 e. The van der Waals surface area contributed by atoms with Gasteiger partial charge in [-0.1, -0.05) is 28.1 Å². The minimum Gasteiger partial charge on any atom is -0.490 e. The maximum absolute atomic E-state index is 13.0. The number of ether oxygens (including phenoxy) is 2. The number of nitrogens with zero attached hydrogens (tertiary/aromatic N) is 2. The fourth-order valence-corrected chi connectivity index (χ4v) is 3.31.